The third-order valence-corrected chi connectivity index (χ3v) is 4.53. The van der Waals surface area contributed by atoms with Gasteiger partial charge in [0.15, 0.2) is 5.11 Å². The van der Waals surface area contributed by atoms with Gasteiger partial charge >= 0.3 is 5.97 Å². The van der Waals surface area contributed by atoms with Gasteiger partial charge in [-0.15, -0.1) is 0 Å². The zero-order chi connectivity index (χ0) is 20.9. The lowest BCUT2D eigenvalue weighted by molar-refractivity contribution is 0.0696. The summed E-state index contributed by atoms with van der Waals surface area (Å²) in [6.07, 6.45) is -1.12. The number of alkyl halides is 3. The van der Waals surface area contributed by atoms with Crippen molar-refractivity contribution >= 4 is 69.7 Å². The molecule has 1 amide bonds. The Hall–Kier alpha value is -2.06. The molecule has 2 rings (SSSR count). The number of rotatable bonds is 5. The Bertz CT molecular complexity index is 886. The fraction of sp³-hybridized carbons (Fsp3) is 0.167. The Morgan fingerprint density at radius 1 is 1.04 bits per heavy atom. The summed E-state index contributed by atoms with van der Waals surface area (Å²) in [4.78, 5) is 23.4. The smallest absolute Gasteiger partial charge is 0.335 e. The molecule has 0 heterocycles. The van der Waals surface area contributed by atoms with Crippen molar-refractivity contribution in [2.45, 2.75) is 16.9 Å². The molecule has 0 saturated carbocycles. The summed E-state index contributed by atoms with van der Waals surface area (Å²) in [5.74, 6) is -1.47. The quantitative estimate of drug-likeness (QED) is 0.305. The first-order valence-electron chi connectivity index (χ1n) is 7.92. The van der Waals surface area contributed by atoms with Gasteiger partial charge in [-0.25, -0.2) is 4.79 Å². The first kappa shape index (κ1) is 22.2. The first-order valence-corrected chi connectivity index (χ1v) is 9.46. The fourth-order valence-corrected chi connectivity index (χ4v) is 2.79. The molecular weight excluding hydrogens is 445 g/mol. The van der Waals surface area contributed by atoms with E-state index < -0.39 is 21.8 Å². The highest BCUT2D eigenvalue weighted by atomic mass is 35.6. The second-order valence-electron chi connectivity index (χ2n) is 5.74. The molecule has 0 aromatic heterocycles. The molecule has 0 spiro atoms. The van der Waals surface area contributed by atoms with Crippen LogP contribution in [-0.2, 0) is 0 Å². The molecule has 10 heteroatoms. The van der Waals surface area contributed by atoms with Crippen molar-refractivity contribution in [3.63, 3.8) is 0 Å². The van der Waals surface area contributed by atoms with E-state index in [1.807, 2.05) is 6.07 Å². The summed E-state index contributed by atoms with van der Waals surface area (Å²) in [7, 11) is 0. The maximum atomic E-state index is 12.5. The third-order valence-electron chi connectivity index (χ3n) is 3.66. The van der Waals surface area contributed by atoms with Crippen molar-refractivity contribution in [2.24, 2.45) is 0 Å². The molecule has 0 radical (unpaired) electrons. The van der Waals surface area contributed by atoms with Crippen LogP contribution in [0.4, 0.5) is 5.69 Å². The summed E-state index contributed by atoms with van der Waals surface area (Å²) in [5, 5.41) is 17.2. The Labute approximate surface area is 182 Å². The van der Waals surface area contributed by atoms with Crippen LogP contribution in [0, 0.1) is 6.92 Å². The van der Waals surface area contributed by atoms with Crippen LogP contribution in [0.25, 0.3) is 0 Å². The van der Waals surface area contributed by atoms with Crippen molar-refractivity contribution in [3.05, 3.63) is 65.2 Å². The minimum atomic E-state index is -1.89. The predicted octanol–water partition coefficient (Wildman–Crippen LogP) is 4.11. The number of amides is 1. The number of nitrogens with one attached hydrogen (secondary N) is 3. The standard InChI is InChI=1S/C18H16Cl3N3O3S/c1-10-4-2-3-5-13(10)14(25)23-16(18(19,20)21)24-17(28)22-12-8-6-11(7-9-12)15(26)27/h2-9,16H,1H3,(H,23,25)(H,26,27)(H2,22,24,28)/t16-/m1/s1. The van der Waals surface area contributed by atoms with Crippen LogP contribution < -0.4 is 16.0 Å². The van der Waals surface area contributed by atoms with Crippen LogP contribution in [0.5, 0.6) is 0 Å². The maximum absolute atomic E-state index is 12.5. The number of aryl methyl sites for hydroxylation is 1. The van der Waals surface area contributed by atoms with E-state index in [1.165, 1.54) is 24.3 Å². The number of benzene rings is 2. The summed E-state index contributed by atoms with van der Waals surface area (Å²) in [6.45, 7) is 1.79. The van der Waals surface area contributed by atoms with E-state index in [2.05, 4.69) is 16.0 Å². The van der Waals surface area contributed by atoms with E-state index in [0.717, 1.165) is 5.56 Å². The molecule has 2 aromatic carbocycles. The number of aromatic carboxylic acids is 1. The molecule has 0 aliphatic carbocycles. The molecule has 0 aliphatic rings. The number of carboxylic acid groups (broad SMARTS) is 1. The second-order valence-corrected chi connectivity index (χ2v) is 8.52. The number of anilines is 1. The number of hydrogen-bond acceptors (Lipinski definition) is 3. The molecule has 0 fully saturated rings. The zero-order valence-electron chi connectivity index (χ0n) is 14.5. The van der Waals surface area contributed by atoms with Gasteiger partial charge in [-0.1, -0.05) is 53.0 Å². The second kappa shape index (κ2) is 9.43. The number of carbonyl (C=O) groups excluding carboxylic acids is 1. The van der Waals surface area contributed by atoms with Gasteiger partial charge < -0.3 is 21.1 Å². The average molecular weight is 461 g/mol. The Morgan fingerprint density at radius 3 is 2.18 bits per heavy atom. The Kier molecular flexibility index (Phi) is 7.48. The van der Waals surface area contributed by atoms with E-state index in [1.54, 1.807) is 25.1 Å². The van der Waals surface area contributed by atoms with Crippen molar-refractivity contribution in [1.82, 2.24) is 10.6 Å². The Morgan fingerprint density at radius 2 is 1.64 bits per heavy atom. The third kappa shape index (κ3) is 6.24. The van der Waals surface area contributed by atoms with Gasteiger partial charge in [-0.05, 0) is 55.0 Å². The molecule has 0 bridgehead atoms. The summed E-state index contributed by atoms with van der Waals surface area (Å²) in [5.41, 5.74) is 1.86. The monoisotopic (exact) mass is 459 g/mol. The van der Waals surface area contributed by atoms with Crippen molar-refractivity contribution in [1.29, 1.82) is 0 Å². The minimum Gasteiger partial charge on any atom is -0.478 e. The topological polar surface area (TPSA) is 90.5 Å². The van der Waals surface area contributed by atoms with Crippen LogP contribution >= 0.6 is 47.0 Å². The van der Waals surface area contributed by atoms with Gasteiger partial charge in [0.1, 0.15) is 6.17 Å². The predicted molar refractivity (Wildman–Crippen MR) is 115 cm³/mol. The Balaban J connectivity index is 2.07. The number of hydrogen-bond donors (Lipinski definition) is 4. The largest absolute Gasteiger partial charge is 0.478 e. The van der Waals surface area contributed by atoms with Crippen LogP contribution in [0.1, 0.15) is 26.3 Å². The first-order chi connectivity index (χ1) is 13.1. The number of carboxylic acids is 1. The minimum absolute atomic E-state index is 0.0736. The summed E-state index contributed by atoms with van der Waals surface area (Å²) in [6, 6.07) is 12.9. The number of carbonyl (C=O) groups is 2. The highest BCUT2D eigenvalue weighted by molar-refractivity contribution is 7.80. The fourth-order valence-electron chi connectivity index (χ4n) is 2.23. The van der Waals surface area contributed by atoms with Gasteiger partial charge in [-0.2, -0.15) is 0 Å². The van der Waals surface area contributed by atoms with E-state index in [9.17, 15) is 9.59 Å². The highest BCUT2D eigenvalue weighted by Crippen LogP contribution is 2.29. The van der Waals surface area contributed by atoms with Crippen molar-refractivity contribution in [2.75, 3.05) is 5.32 Å². The summed E-state index contributed by atoms with van der Waals surface area (Å²) < 4.78 is -1.89. The molecule has 4 N–H and O–H groups in total. The van der Waals surface area contributed by atoms with Gasteiger partial charge in [-0.3, -0.25) is 4.79 Å². The van der Waals surface area contributed by atoms with Crippen LogP contribution in [0.15, 0.2) is 48.5 Å². The van der Waals surface area contributed by atoms with E-state index in [4.69, 9.17) is 52.1 Å². The van der Waals surface area contributed by atoms with E-state index in [0.29, 0.717) is 11.3 Å². The van der Waals surface area contributed by atoms with E-state index in [-0.39, 0.29) is 10.7 Å². The van der Waals surface area contributed by atoms with Gasteiger partial charge in [0, 0.05) is 11.3 Å². The van der Waals surface area contributed by atoms with E-state index >= 15 is 0 Å². The maximum Gasteiger partial charge on any atom is 0.335 e. The zero-order valence-corrected chi connectivity index (χ0v) is 17.6. The van der Waals surface area contributed by atoms with Gasteiger partial charge in [0.05, 0.1) is 5.56 Å². The molecule has 0 saturated heterocycles. The molecule has 1 atom stereocenters. The van der Waals surface area contributed by atoms with Gasteiger partial charge in [0.2, 0.25) is 3.79 Å². The average Bonchev–Trinajstić information content (AvgIpc) is 2.61. The van der Waals surface area contributed by atoms with Crippen LogP contribution in [0.2, 0.25) is 0 Å². The molecule has 148 valence electrons. The highest BCUT2D eigenvalue weighted by Gasteiger charge is 2.35. The summed E-state index contributed by atoms with van der Waals surface area (Å²) >= 11 is 23.1. The molecule has 6 nitrogen and oxygen atoms in total. The van der Waals surface area contributed by atoms with Crippen molar-refractivity contribution in [3.8, 4) is 0 Å². The molecule has 0 aliphatic heterocycles. The number of halogens is 3. The van der Waals surface area contributed by atoms with Crippen molar-refractivity contribution < 1.29 is 14.7 Å². The lowest BCUT2D eigenvalue weighted by Gasteiger charge is -2.28. The normalized spacial score (nSPS) is 12.0. The molecule has 2 aromatic rings. The molecular formula is C18H16Cl3N3O3S. The van der Waals surface area contributed by atoms with Gasteiger partial charge in [0.25, 0.3) is 5.91 Å². The lowest BCUT2D eigenvalue weighted by atomic mass is 10.1. The SMILES string of the molecule is Cc1ccccc1C(=O)N[C@H](NC(=S)Nc1ccc(C(=O)O)cc1)C(Cl)(Cl)Cl. The number of thiocarbonyl (C=S) groups is 1. The molecule has 0 unspecified atom stereocenters. The molecule has 28 heavy (non-hydrogen) atoms. The van der Waals surface area contributed by atoms with Crippen LogP contribution in [0.3, 0.4) is 0 Å². The van der Waals surface area contributed by atoms with Crippen LogP contribution in [-0.4, -0.2) is 32.1 Å². The lowest BCUT2D eigenvalue weighted by Crippen LogP contribution is -2.56.